The summed E-state index contributed by atoms with van der Waals surface area (Å²) in [5.74, 6) is -0.673. The minimum atomic E-state index is -0.838. The Hall–Kier alpha value is -1.49. The van der Waals surface area contributed by atoms with Crippen LogP contribution in [0.1, 0.15) is 24.5 Å². The Balaban J connectivity index is 2.47. The van der Waals surface area contributed by atoms with Crippen molar-refractivity contribution < 1.29 is 14.7 Å². The van der Waals surface area contributed by atoms with E-state index in [1.165, 1.54) is 11.8 Å². The van der Waals surface area contributed by atoms with Gasteiger partial charge in [-0.3, -0.25) is 9.59 Å². The van der Waals surface area contributed by atoms with Crippen molar-refractivity contribution in [3.63, 3.8) is 0 Å². The largest absolute Gasteiger partial charge is 0.481 e. The average Bonchev–Trinajstić information content (AvgIpc) is 2.30. The Labute approximate surface area is 117 Å². The van der Waals surface area contributed by atoms with Crippen molar-refractivity contribution in [2.45, 2.75) is 32.4 Å². The van der Waals surface area contributed by atoms with Crippen molar-refractivity contribution in [1.29, 1.82) is 0 Å². The molecule has 0 saturated heterocycles. The molecule has 0 aromatic heterocycles. The fourth-order valence-electron chi connectivity index (χ4n) is 1.58. The predicted octanol–water partition coefficient (Wildman–Crippen LogP) is 2.84. The van der Waals surface area contributed by atoms with Gasteiger partial charge in [-0.25, -0.2) is 0 Å². The minimum absolute atomic E-state index is 0.0677. The van der Waals surface area contributed by atoms with Crippen molar-refractivity contribution in [1.82, 2.24) is 0 Å². The van der Waals surface area contributed by atoms with Gasteiger partial charge in [-0.1, -0.05) is 19.1 Å². The van der Waals surface area contributed by atoms with Crippen LogP contribution < -0.4 is 5.32 Å². The molecular formula is C14H19NO3S. The second-order valence-electron chi connectivity index (χ2n) is 4.59. The molecule has 2 N–H and O–H groups in total. The van der Waals surface area contributed by atoms with Crippen molar-refractivity contribution in [2.24, 2.45) is 0 Å². The molecule has 1 rings (SSSR count). The maximum atomic E-state index is 11.8. The van der Waals surface area contributed by atoms with Crippen LogP contribution in [-0.2, 0) is 9.59 Å². The first-order chi connectivity index (χ1) is 8.88. The molecule has 1 aromatic carbocycles. The summed E-state index contributed by atoms with van der Waals surface area (Å²) in [6.07, 6.45) is 0.0709. The summed E-state index contributed by atoms with van der Waals surface area (Å²) in [6, 6.07) is 5.89. The Morgan fingerprint density at radius 1 is 1.37 bits per heavy atom. The quantitative estimate of drug-likeness (QED) is 0.841. The molecule has 1 aromatic rings. The number of hydrogen-bond donors (Lipinski definition) is 2. The Bertz CT molecular complexity index is 474. The van der Waals surface area contributed by atoms with Crippen LogP contribution in [0, 0.1) is 13.8 Å². The zero-order chi connectivity index (χ0) is 14.4. The highest BCUT2D eigenvalue weighted by molar-refractivity contribution is 8.00. The SMILES string of the molecule is Cc1ccc(C)c(NC(=O)CSC(C)CC(=O)O)c1. The highest BCUT2D eigenvalue weighted by atomic mass is 32.2. The summed E-state index contributed by atoms with van der Waals surface area (Å²) in [6.45, 7) is 5.72. The molecule has 4 nitrogen and oxygen atoms in total. The van der Waals surface area contributed by atoms with Crippen molar-refractivity contribution in [3.8, 4) is 0 Å². The highest BCUT2D eigenvalue weighted by Crippen LogP contribution is 2.18. The lowest BCUT2D eigenvalue weighted by molar-refractivity contribution is -0.136. The monoisotopic (exact) mass is 281 g/mol. The smallest absolute Gasteiger partial charge is 0.304 e. The van der Waals surface area contributed by atoms with E-state index >= 15 is 0 Å². The topological polar surface area (TPSA) is 66.4 Å². The number of rotatable bonds is 6. The number of benzene rings is 1. The lowest BCUT2D eigenvalue weighted by Gasteiger charge is -2.11. The summed E-state index contributed by atoms with van der Waals surface area (Å²) < 4.78 is 0. The molecule has 104 valence electrons. The van der Waals surface area contributed by atoms with E-state index in [-0.39, 0.29) is 23.3 Å². The number of hydrogen-bond acceptors (Lipinski definition) is 3. The number of aliphatic carboxylic acids is 1. The van der Waals surface area contributed by atoms with Crippen LogP contribution >= 0.6 is 11.8 Å². The molecular weight excluding hydrogens is 262 g/mol. The molecule has 0 aliphatic heterocycles. The third kappa shape index (κ3) is 5.79. The van der Waals surface area contributed by atoms with Gasteiger partial charge in [-0.15, -0.1) is 11.8 Å². The lowest BCUT2D eigenvalue weighted by atomic mass is 10.1. The number of amides is 1. The van der Waals surface area contributed by atoms with Gasteiger partial charge in [0, 0.05) is 10.9 Å². The lowest BCUT2D eigenvalue weighted by Crippen LogP contribution is -2.17. The number of carbonyl (C=O) groups excluding carboxylic acids is 1. The summed E-state index contributed by atoms with van der Waals surface area (Å²) in [4.78, 5) is 22.3. The van der Waals surface area contributed by atoms with Gasteiger partial charge in [0.25, 0.3) is 0 Å². The number of carboxylic acid groups (broad SMARTS) is 1. The molecule has 0 heterocycles. The molecule has 0 bridgehead atoms. The van der Waals surface area contributed by atoms with Gasteiger partial charge >= 0.3 is 5.97 Å². The van der Waals surface area contributed by atoms with Gasteiger partial charge in [0.2, 0.25) is 5.91 Å². The van der Waals surface area contributed by atoms with E-state index in [2.05, 4.69) is 5.32 Å². The van der Waals surface area contributed by atoms with Crippen molar-refractivity contribution >= 4 is 29.3 Å². The molecule has 0 aliphatic rings. The molecule has 0 fully saturated rings. The molecule has 0 radical (unpaired) electrons. The third-order valence-electron chi connectivity index (χ3n) is 2.63. The van der Waals surface area contributed by atoms with Crippen LogP contribution in [0.15, 0.2) is 18.2 Å². The van der Waals surface area contributed by atoms with Gasteiger partial charge in [-0.2, -0.15) is 0 Å². The molecule has 0 spiro atoms. The molecule has 0 aliphatic carbocycles. The third-order valence-corrected chi connectivity index (χ3v) is 3.79. The maximum absolute atomic E-state index is 11.8. The summed E-state index contributed by atoms with van der Waals surface area (Å²) in [5, 5.41) is 11.4. The summed E-state index contributed by atoms with van der Waals surface area (Å²) in [5.41, 5.74) is 2.92. The first-order valence-corrected chi connectivity index (χ1v) is 7.14. The minimum Gasteiger partial charge on any atom is -0.481 e. The van der Waals surface area contributed by atoms with E-state index < -0.39 is 5.97 Å². The zero-order valence-electron chi connectivity index (χ0n) is 11.4. The van der Waals surface area contributed by atoms with Gasteiger partial charge in [0.05, 0.1) is 12.2 Å². The van der Waals surface area contributed by atoms with E-state index in [1.54, 1.807) is 0 Å². The Morgan fingerprint density at radius 2 is 2.05 bits per heavy atom. The Morgan fingerprint density at radius 3 is 2.68 bits per heavy atom. The van der Waals surface area contributed by atoms with E-state index in [1.807, 2.05) is 39.0 Å². The van der Waals surface area contributed by atoms with Crippen molar-refractivity contribution in [2.75, 3.05) is 11.1 Å². The first-order valence-electron chi connectivity index (χ1n) is 6.09. The summed E-state index contributed by atoms with van der Waals surface area (Å²) >= 11 is 1.35. The standard InChI is InChI=1S/C14H19NO3S/c1-9-4-5-10(2)12(6-9)15-13(16)8-19-11(3)7-14(17)18/h4-6,11H,7-8H2,1-3H3,(H,15,16)(H,17,18). The molecule has 1 unspecified atom stereocenters. The number of aryl methyl sites for hydroxylation is 2. The first kappa shape index (κ1) is 15.6. The van der Waals surface area contributed by atoms with Gasteiger partial charge in [-0.05, 0) is 31.0 Å². The van der Waals surface area contributed by atoms with E-state index in [4.69, 9.17) is 5.11 Å². The van der Waals surface area contributed by atoms with Crippen LogP contribution in [-0.4, -0.2) is 28.0 Å². The van der Waals surface area contributed by atoms with Crippen molar-refractivity contribution in [3.05, 3.63) is 29.3 Å². The molecule has 19 heavy (non-hydrogen) atoms. The van der Waals surface area contributed by atoms with E-state index in [0.717, 1.165) is 16.8 Å². The highest BCUT2D eigenvalue weighted by Gasteiger charge is 2.11. The Kier molecular flexibility index (Phi) is 5.89. The normalized spacial score (nSPS) is 11.9. The predicted molar refractivity (Wildman–Crippen MR) is 78.7 cm³/mol. The summed E-state index contributed by atoms with van der Waals surface area (Å²) in [7, 11) is 0. The zero-order valence-corrected chi connectivity index (χ0v) is 12.2. The number of carbonyl (C=O) groups is 2. The van der Waals surface area contributed by atoms with Crippen LogP contribution in [0.4, 0.5) is 5.69 Å². The second-order valence-corrected chi connectivity index (χ2v) is 6.01. The van der Waals surface area contributed by atoms with Gasteiger partial charge < -0.3 is 10.4 Å². The molecule has 0 saturated carbocycles. The molecule has 1 atom stereocenters. The van der Waals surface area contributed by atoms with Crippen LogP contribution in [0.2, 0.25) is 0 Å². The number of carboxylic acids is 1. The number of anilines is 1. The van der Waals surface area contributed by atoms with Crippen LogP contribution in [0.3, 0.4) is 0 Å². The maximum Gasteiger partial charge on any atom is 0.304 e. The fraction of sp³-hybridized carbons (Fsp3) is 0.429. The van der Waals surface area contributed by atoms with Crippen LogP contribution in [0.25, 0.3) is 0 Å². The van der Waals surface area contributed by atoms with E-state index in [9.17, 15) is 9.59 Å². The van der Waals surface area contributed by atoms with Crippen LogP contribution in [0.5, 0.6) is 0 Å². The van der Waals surface area contributed by atoms with Gasteiger partial charge in [0.15, 0.2) is 0 Å². The van der Waals surface area contributed by atoms with E-state index in [0.29, 0.717) is 0 Å². The second kappa shape index (κ2) is 7.19. The number of nitrogens with one attached hydrogen (secondary N) is 1. The van der Waals surface area contributed by atoms with Gasteiger partial charge in [0.1, 0.15) is 0 Å². The molecule has 1 amide bonds. The average molecular weight is 281 g/mol. The fourth-order valence-corrected chi connectivity index (χ4v) is 2.35. The number of thioether (sulfide) groups is 1. The molecule has 5 heteroatoms.